The Bertz CT molecular complexity index is 255. The van der Waals surface area contributed by atoms with Crippen LogP contribution in [0, 0.1) is 0 Å². The van der Waals surface area contributed by atoms with Gasteiger partial charge >= 0.3 is 0 Å². The molecule has 0 aromatic rings. The Hall–Kier alpha value is -0.120. The van der Waals surface area contributed by atoms with Crippen LogP contribution in [0.4, 0.5) is 0 Å². The maximum absolute atomic E-state index is 10.0. The molecule has 2 rings (SSSR count). The van der Waals surface area contributed by atoms with E-state index in [9.17, 15) is 5.11 Å². The minimum Gasteiger partial charge on any atom is -0.391 e. The first-order chi connectivity index (χ1) is 7.98. The predicted molar refractivity (Wildman–Crippen MR) is 69.1 cm³/mol. The summed E-state index contributed by atoms with van der Waals surface area (Å²) in [5, 5.41) is 10.0. The highest BCUT2D eigenvalue weighted by atomic mass is 16.5. The first-order valence-corrected chi connectivity index (χ1v) is 7.04. The molecule has 2 aliphatic rings. The van der Waals surface area contributed by atoms with Gasteiger partial charge in [0.15, 0.2) is 0 Å². The molecule has 2 fully saturated rings. The molecule has 0 aromatic heterocycles. The van der Waals surface area contributed by atoms with Crippen LogP contribution in [0.1, 0.15) is 52.4 Å². The average Bonchev–Trinajstić information content (AvgIpc) is 2.58. The molecule has 0 aromatic carbocycles. The molecule has 1 aliphatic carbocycles. The number of hydrogen-bond donors (Lipinski definition) is 1. The van der Waals surface area contributed by atoms with Crippen molar-refractivity contribution in [3.05, 3.63) is 0 Å². The third-order valence-electron chi connectivity index (χ3n) is 4.31. The van der Waals surface area contributed by atoms with Gasteiger partial charge in [0, 0.05) is 12.6 Å². The van der Waals surface area contributed by atoms with E-state index < -0.39 is 0 Å². The van der Waals surface area contributed by atoms with Gasteiger partial charge in [-0.3, -0.25) is 4.90 Å². The van der Waals surface area contributed by atoms with Crippen LogP contribution in [0.2, 0.25) is 0 Å². The average molecular weight is 241 g/mol. The second-order valence-electron chi connectivity index (χ2n) is 6.40. The number of hydrogen-bond acceptors (Lipinski definition) is 3. The molecule has 1 saturated carbocycles. The van der Waals surface area contributed by atoms with Gasteiger partial charge in [0.2, 0.25) is 0 Å². The summed E-state index contributed by atoms with van der Waals surface area (Å²) in [4.78, 5) is 2.32. The smallest absolute Gasteiger partial charge is 0.0710 e. The van der Waals surface area contributed by atoms with Crippen molar-refractivity contribution in [1.29, 1.82) is 0 Å². The van der Waals surface area contributed by atoms with E-state index in [0.717, 1.165) is 32.2 Å². The molecule has 3 atom stereocenters. The molecular formula is C14H27NO2. The molecular weight excluding hydrogens is 214 g/mol. The number of nitrogens with zero attached hydrogens (tertiary/aromatic N) is 1. The zero-order valence-electron chi connectivity index (χ0n) is 11.5. The largest absolute Gasteiger partial charge is 0.391 e. The van der Waals surface area contributed by atoms with Gasteiger partial charge in [-0.05, 0) is 46.6 Å². The molecule has 0 radical (unpaired) electrons. The van der Waals surface area contributed by atoms with Crippen LogP contribution in [-0.2, 0) is 4.74 Å². The molecule has 0 spiro atoms. The Kier molecular flexibility index (Phi) is 4.11. The van der Waals surface area contributed by atoms with Crippen molar-refractivity contribution < 1.29 is 9.84 Å². The summed E-state index contributed by atoms with van der Waals surface area (Å²) in [7, 11) is 2.13. The lowest BCUT2D eigenvalue weighted by molar-refractivity contribution is -0.0437. The van der Waals surface area contributed by atoms with Gasteiger partial charge < -0.3 is 9.84 Å². The highest BCUT2D eigenvalue weighted by Gasteiger charge is 2.34. The third kappa shape index (κ3) is 3.43. The molecule has 3 nitrogen and oxygen atoms in total. The van der Waals surface area contributed by atoms with E-state index in [0.29, 0.717) is 12.1 Å². The number of rotatable bonds is 3. The van der Waals surface area contributed by atoms with Crippen molar-refractivity contribution in [2.45, 2.75) is 76.2 Å². The molecule has 1 aliphatic heterocycles. The number of aliphatic hydroxyl groups excluding tert-OH is 1. The van der Waals surface area contributed by atoms with E-state index in [1.807, 2.05) is 0 Å². The lowest BCUT2D eigenvalue weighted by atomic mass is 9.91. The molecule has 0 amide bonds. The summed E-state index contributed by atoms with van der Waals surface area (Å²) < 4.78 is 6.02. The lowest BCUT2D eigenvalue weighted by Gasteiger charge is -2.36. The van der Waals surface area contributed by atoms with Gasteiger partial charge in [-0.2, -0.15) is 0 Å². The summed E-state index contributed by atoms with van der Waals surface area (Å²) in [6, 6.07) is 0.344. The lowest BCUT2D eigenvalue weighted by Crippen LogP contribution is -2.46. The first-order valence-electron chi connectivity index (χ1n) is 7.04. The van der Waals surface area contributed by atoms with Crippen molar-refractivity contribution in [3.63, 3.8) is 0 Å². The first kappa shape index (κ1) is 13.3. The Morgan fingerprint density at radius 3 is 2.53 bits per heavy atom. The van der Waals surface area contributed by atoms with Gasteiger partial charge in [0.05, 0.1) is 17.8 Å². The highest BCUT2D eigenvalue weighted by molar-refractivity contribution is 4.86. The van der Waals surface area contributed by atoms with E-state index in [1.54, 1.807) is 0 Å². The molecule has 17 heavy (non-hydrogen) atoms. The van der Waals surface area contributed by atoms with E-state index >= 15 is 0 Å². The van der Waals surface area contributed by atoms with Crippen LogP contribution in [0.5, 0.6) is 0 Å². The topological polar surface area (TPSA) is 32.7 Å². The fraction of sp³-hybridized carbons (Fsp3) is 1.00. The zero-order chi connectivity index (χ0) is 12.5. The van der Waals surface area contributed by atoms with E-state index in [2.05, 4.69) is 25.8 Å². The zero-order valence-corrected chi connectivity index (χ0v) is 11.5. The van der Waals surface area contributed by atoms with Gasteiger partial charge in [-0.1, -0.05) is 12.8 Å². The van der Waals surface area contributed by atoms with E-state index in [4.69, 9.17) is 4.74 Å². The SMILES string of the molecule is CN(CC1CCC(C)(C)O1)C1CCCCC1O. The molecule has 1 heterocycles. The molecule has 0 bridgehead atoms. The Morgan fingerprint density at radius 2 is 1.94 bits per heavy atom. The molecule has 100 valence electrons. The van der Waals surface area contributed by atoms with Crippen molar-refractivity contribution in [3.8, 4) is 0 Å². The molecule has 1 N–H and O–H groups in total. The summed E-state index contributed by atoms with van der Waals surface area (Å²) >= 11 is 0. The Balaban J connectivity index is 1.82. The molecule has 3 unspecified atom stereocenters. The third-order valence-corrected chi connectivity index (χ3v) is 4.31. The Labute approximate surface area is 105 Å². The van der Waals surface area contributed by atoms with Crippen LogP contribution in [0.25, 0.3) is 0 Å². The van der Waals surface area contributed by atoms with Crippen LogP contribution in [-0.4, -0.2) is 47.4 Å². The standard InChI is InChI=1S/C14H27NO2/c1-14(2)9-8-11(17-14)10-15(3)12-6-4-5-7-13(12)16/h11-13,16H,4-10H2,1-3H3. The summed E-state index contributed by atoms with van der Waals surface area (Å²) in [6.45, 7) is 5.30. The second-order valence-corrected chi connectivity index (χ2v) is 6.40. The minimum absolute atomic E-state index is 0.0523. The van der Waals surface area contributed by atoms with Crippen molar-refractivity contribution in [2.24, 2.45) is 0 Å². The highest BCUT2D eigenvalue weighted by Crippen LogP contribution is 2.31. The molecule has 1 saturated heterocycles. The second kappa shape index (κ2) is 5.25. The van der Waals surface area contributed by atoms with E-state index in [1.165, 1.54) is 12.8 Å². The molecule has 3 heteroatoms. The van der Waals surface area contributed by atoms with Crippen LogP contribution < -0.4 is 0 Å². The maximum Gasteiger partial charge on any atom is 0.0710 e. The van der Waals surface area contributed by atoms with Gasteiger partial charge in [-0.15, -0.1) is 0 Å². The van der Waals surface area contributed by atoms with Crippen LogP contribution in [0.3, 0.4) is 0 Å². The van der Waals surface area contributed by atoms with Crippen molar-refractivity contribution in [1.82, 2.24) is 4.90 Å². The van der Waals surface area contributed by atoms with Gasteiger partial charge in [0.25, 0.3) is 0 Å². The summed E-state index contributed by atoms with van der Waals surface area (Å²) in [5.41, 5.74) is 0.0523. The summed E-state index contributed by atoms with van der Waals surface area (Å²) in [5.74, 6) is 0. The Morgan fingerprint density at radius 1 is 1.24 bits per heavy atom. The summed E-state index contributed by atoms with van der Waals surface area (Å²) in [6.07, 6.45) is 7.05. The van der Waals surface area contributed by atoms with Crippen LogP contribution in [0.15, 0.2) is 0 Å². The van der Waals surface area contributed by atoms with Crippen LogP contribution >= 0.6 is 0 Å². The predicted octanol–water partition coefficient (Wildman–Crippen LogP) is 2.18. The monoisotopic (exact) mass is 241 g/mol. The number of aliphatic hydroxyl groups is 1. The van der Waals surface area contributed by atoms with Gasteiger partial charge in [-0.25, -0.2) is 0 Å². The number of ether oxygens (including phenoxy) is 1. The van der Waals surface area contributed by atoms with Gasteiger partial charge in [0.1, 0.15) is 0 Å². The normalized spacial score (nSPS) is 37.6. The fourth-order valence-electron chi connectivity index (χ4n) is 3.27. The number of likely N-dealkylation sites (N-methyl/N-ethyl adjacent to an activating group) is 1. The maximum atomic E-state index is 10.0. The fourth-order valence-corrected chi connectivity index (χ4v) is 3.27. The van der Waals surface area contributed by atoms with Crippen molar-refractivity contribution >= 4 is 0 Å². The van der Waals surface area contributed by atoms with E-state index in [-0.39, 0.29) is 11.7 Å². The minimum atomic E-state index is -0.136. The quantitative estimate of drug-likeness (QED) is 0.822. The van der Waals surface area contributed by atoms with Crippen molar-refractivity contribution in [2.75, 3.05) is 13.6 Å².